The van der Waals surface area contributed by atoms with Crippen LogP contribution in [0.4, 0.5) is 11.4 Å². The average molecular weight is 681 g/mol. The number of imidazole rings is 1. The molecule has 5 rings (SSSR count). The summed E-state index contributed by atoms with van der Waals surface area (Å²) in [5.41, 5.74) is 6.02. The third-order valence-corrected chi connectivity index (χ3v) is 9.40. The van der Waals surface area contributed by atoms with E-state index in [0.29, 0.717) is 31.5 Å². The number of carbonyl (C=O) groups excluding carboxylic acids is 1. The standard InChI is InChI=1S/C41H52N4O3S/c1-6-7-22-47-23-24-48-37-13-8-32(9-14-37)33-10-17-39-35(25-33)26-34(18-20-44(39)27-30(2)3)41(46)43-36-11-15-38(16-12-36)49-29-40-42-19-21-45(40)28-31(4)5/h8-17,19,21,25-26,30-31H,6-7,18,20,22-24,27-29H2,1-5H3,(H,43,46). The highest BCUT2D eigenvalue weighted by Crippen LogP contribution is 2.34. The highest BCUT2D eigenvalue weighted by molar-refractivity contribution is 7.98. The molecule has 1 N–H and O–H groups in total. The van der Waals surface area contributed by atoms with E-state index in [2.05, 4.69) is 109 Å². The minimum Gasteiger partial charge on any atom is -0.491 e. The number of benzene rings is 3. The van der Waals surface area contributed by atoms with E-state index in [-0.39, 0.29) is 5.91 Å². The van der Waals surface area contributed by atoms with Crippen LogP contribution in [-0.4, -0.2) is 48.4 Å². The molecule has 7 nitrogen and oxygen atoms in total. The molecule has 8 heteroatoms. The number of aromatic nitrogens is 2. The molecule has 0 bridgehead atoms. The van der Waals surface area contributed by atoms with Gasteiger partial charge in [0.2, 0.25) is 0 Å². The lowest BCUT2D eigenvalue weighted by atomic mass is 10.00. The minimum atomic E-state index is -0.0564. The number of fused-ring (bicyclic) bond motifs is 1. The predicted molar refractivity (Wildman–Crippen MR) is 204 cm³/mol. The van der Waals surface area contributed by atoms with Gasteiger partial charge in [0.1, 0.15) is 18.2 Å². The monoisotopic (exact) mass is 680 g/mol. The van der Waals surface area contributed by atoms with E-state index in [1.807, 2.05) is 30.5 Å². The zero-order valence-electron chi connectivity index (χ0n) is 29.8. The van der Waals surface area contributed by atoms with Crippen LogP contribution in [0.15, 0.2) is 89.6 Å². The Hall–Kier alpha value is -4.01. The molecular formula is C41H52N4O3S. The second-order valence-corrected chi connectivity index (χ2v) is 14.6. The second kappa shape index (κ2) is 18.1. The molecule has 0 saturated carbocycles. The molecule has 0 saturated heterocycles. The van der Waals surface area contributed by atoms with Crippen LogP contribution in [0.1, 0.15) is 65.3 Å². The average Bonchev–Trinajstić information content (AvgIpc) is 3.44. The second-order valence-electron chi connectivity index (χ2n) is 13.5. The Bertz CT molecular complexity index is 1660. The predicted octanol–water partition coefficient (Wildman–Crippen LogP) is 9.58. The first-order chi connectivity index (χ1) is 23.8. The number of rotatable bonds is 17. The van der Waals surface area contributed by atoms with Crippen LogP contribution in [0, 0.1) is 11.8 Å². The Balaban J connectivity index is 1.25. The molecule has 0 atom stereocenters. The Morgan fingerprint density at radius 1 is 0.918 bits per heavy atom. The van der Waals surface area contributed by atoms with E-state index in [0.717, 1.165) is 89.3 Å². The Morgan fingerprint density at radius 2 is 1.67 bits per heavy atom. The van der Waals surface area contributed by atoms with Gasteiger partial charge in [-0.05, 0) is 96.0 Å². The maximum absolute atomic E-state index is 13.7. The zero-order chi connectivity index (χ0) is 34.6. The maximum atomic E-state index is 13.7. The minimum absolute atomic E-state index is 0.0564. The summed E-state index contributed by atoms with van der Waals surface area (Å²) in [5.74, 6) is 3.73. The first-order valence-corrected chi connectivity index (χ1v) is 18.7. The van der Waals surface area contributed by atoms with E-state index < -0.39 is 0 Å². The van der Waals surface area contributed by atoms with Crippen molar-refractivity contribution in [3.8, 4) is 16.9 Å². The summed E-state index contributed by atoms with van der Waals surface area (Å²) < 4.78 is 13.7. The Morgan fingerprint density at radius 3 is 2.41 bits per heavy atom. The molecular weight excluding hydrogens is 629 g/mol. The van der Waals surface area contributed by atoms with Crippen LogP contribution >= 0.6 is 11.8 Å². The van der Waals surface area contributed by atoms with Crippen LogP contribution in [0.2, 0.25) is 0 Å². The lowest BCUT2D eigenvalue weighted by Gasteiger charge is -2.27. The van der Waals surface area contributed by atoms with Gasteiger partial charge in [-0.2, -0.15) is 0 Å². The van der Waals surface area contributed by atoms with E-state index in [4.69, 9.17) is 9.47 Å². The summed E-state index contributed by atoms with van der Waals surface area (Å²) in [6, 6.07) is 22.9. The quantitative estimate of drug-likeness (QED) is 0.0885. The van der Waals surface area contributed by atoms with Crippen molar-refractivity contribution in [1.82, 2.24) is 9.55 Å². The molecule has 1 aliphatic rings. The number of ether oxygens (including phenoxy) is 2. The smallest absolute Gasteiger partial charge is 0.251 e. The fraction of sp³-hybridized carbons (Fsp3) is 0.415. The number of hydrogen-bond acceptors (Lipinski definition) is 6. The number of thioether (sulfide) groups is 1. The van der Waals surface area contributed by atoms with Crippen molar-refractivity contribution in [1.29, 1.82) is 0 Å². The van der Waals surface area contributed by atoms with Crippen LogP contribution in [-0.2, 0) is 21.8 Å². The number of amides is 1. The summed E-state index contributed by atoms with van der Waals surface area (Å²) >= 11 is 1.76. The van der Waals surface area contributed by atoms with E-state index in [9.17, 15) is 4.79 Å². The molecule has 0 aliphatic carbocycles. The molecule has 4 aromatic rings. The van der Waals surface area contributed by atoms with Crippen molar-refractivity contribution in [3.63, 3.8) is 0 Å². The summed E-state index contributed by atoms with van der Waals surface area (Å²) in [7, 11) is 0. The highest BCUT2D eigenvalue weighted by atomic mass is 32.2. The fourth-order valence-corrected chi connectivity index (χ4v) is 6.79. The molecule has 3 aromatic carbocycles. The third kappa shape index (κ3) is 10.7. The first kappa shape index (κ1) is 36.3. The molecule has 1 amide bonds. The normalized spacial score (nSPS) is 13.0. The van der Waals surface area contributed by atoms with Gasteiger partial charge in [0.25, 0.3) is 5.91 Å². The van der Waals surface area contributed by atoms with Gasteiger partial charge >= 0.3 is 0 Å². The van der Waals surface area contributed by atoms with Crippen LogP contribution in [0.3, 0.4) is 0 Å². The number of carbonyl (C=O) groups is 1. The van der Waals surface area contributed by atoms with Gasteiger partial charge in [-0.15, -0.1) is 11.8 Å². The Kier molecular flexibility index (Phi) is 13.4. The van der Waals surface area contributed by atoms with Gasteiger partial charge in [-0.1, -0.05) is 59.2 Å². The van der Waals surface area contributed by atoms with Gasteiger partial charge in [0.05, 0.1) is 12.4 Å². The van der Waals surface area contributed by atoms with E-state index in [1.165, 1.54) is 5.69 Å². The van der Waals surface area contributed by atoms with Crippen LogP contribution in [0.25, 0.3) is 17.2 Å². The number of nitrogens with one attached hydrogen (secondary N) is 1. The zero-order valence-corrected chi connectivity index (χ0v) is 30.6. The van der Waals surface area contributed by atoms with Crippen molar-refractivity contribution in [2.24, 2.45) is 11.8 Å². The molecule has 2 heterocycles. The lowest BCUT2D eigenvalue weighted by molar-refractivity contribution is -0.112. The number of nitrogens with zero attached hydrogens (tertiary/aromatic N) is 3. The molecule has 0 spiro atoms. The molecule has 0 radical (unpaired) electrons. The van der Waals surface area contributed by atoms with Gasteiger partial charge < -0.3 is 24.3 Å². The summed E-state index contributed by atoms with van der Waals surface area (Å²) in [6.45, 7) is 15.7. The van der Waals surface area contributed by atoms with Crippen molar-refractivity contribution >= 4 is 35.1 Å². The van der Waals surface area contributed by atoms with Crippen molar-refractivity contribution in [3.05, 3.63) is 96.1 Å². The number of unbranched alkanes of at least 4 members (excludes halogenated alkanes) is 1. The fourth-order valence-electron chi connectivity index (χ4n) is 5.93. The summed E-state index contributed by atoms with van der Waals surface area (Å²) in [6.07, 6.45) is 8.89. The molecule has 0 unspecified atom stereocenters. The first-order valence-electron chi connectivity index (χ1n) is 17.7. The van der Waals surface area contributed by atoms with Crippen molar-refractivity contribution in [2.45, 2.75) is 71.1 Å². The SMILES string of the molecule is CCCCOCCOc1ccc(-c2ccc3c(c2)C=C(C(=O)Nc2ccc(SCc4nccn4CC(C)C)cc2)CCN3CC(C)C)cc1. The highest BCUT2D eigenvalue weighted by Gasteiger charge is 2.21. The summed E-state index contributed by atoms with van der Waals surface area (Å²) in [5, 5.41) is 3.16. The molecule has 0 fully saturated rings. The van der Waals surface area contributed by atoms with Gasteiger partial charge in [0.15, 0.2) is 0 Å². The third-order valence-electron chi connectivity index (χ3n) is 8.40. The Labute approximate surface area is 297 Å². The lowest BCUT2D eigenvalue weighted by Crippen LogP contribution is -2.29. The largest absolute Gasteiger partial charge is 0.491 e. The van der Waals surface area contributed by atoms with Crippen LogP contribution in [0.5, 0.6) is 5.75 Å². The molecule has 49 heavy (non-hydrogen) atoms. The molecule has 1 aliphatic heterocycles. The number of hydrogen-bond donors (Lipinski definition) is 1. The molecule has 1 aromatic heterocycles. The van der Waals surface area contributed by atoms with Gasteiger partial charge in [-0.25, -0.2) is 4.98 Å². The van der Waals surface area contributed by atoms with E-state index >= 15 is 0 Å². The molecule has 260 valence electrons. The van der Waals surface area contributed by atoms with E-state index in [1.54, 1.807) is 11.8 Å². The van der Waals surface area contributed by atoms with Crippen LogP contribution < -0.4 is 15.0 Å². The van der Waals surface area contributed by atoms with Crippen molar-refractivity contribution < 1.29 is 14.3 Å². The number of anilines is 2. The summed E-state index contributed by atoms with van der Waals surface area (Å²) in [4.78, 5) is 21.8. The van der Waals surface area contributed by atoms with Gasteiger partial charge in [0, 0.05) is 60.5 Å². The van der Waals surface area contributed by atoms with Crippen molar-refractivity contribution in [2.75, 3.05) is 43.1 Å². The maximum Gasteiger partial charge on any atom is 0.251 e. The topological polar surface area (TPSA) is 68.6 Å². The van der Waals surface area contributed by atoms with Gasteiger partial charge in [-0.3, -0.25) is 4.79 Å².